The van der Waals surface area contributed by atoms with Gasteiger partial charge in [0.05, 0.1) is 47.3 Å². The molecule has 14 heteroatoms. The van der Waals surface area contributed by atoms with Gasteiger partial charge in [-0.25, -0.2) is 9.59 Å². The molecule has 0 aliphatic carbocycles. The number of ether oxygens (including phenoxy) is 1. The number of β-amino-alcohol motifs (C(OH)–C–C–N with tert-alkyl or cyclic N) is 1. The summed E-state index contributed by atoms with van der Waals surface area (Å²) in [6, 6.07) is 1.11. The maximum atomic E-state index is 12.5. The number of methoxy groups -OCH3 is 1. The molecule has 29 heavy (non-hydrogen) atoms. The molecule has 0 saturated heterocycles. The number of carbonyl (C=O) groups excluding carboxylic acids is 2. The molecule has 1 aromatic rings. The van der Waals surface area contributed by atoms with Crippen molar-refractivity contribution in [1.82, 2.24) is 4.90 Å². The van der Waals surface area contributed by atoms with Crippen LogP contribution in [-0.4, -0.2) is 69.6 Å². The molecule has 0 fully saturated rings. The third-order valence-electron chi connectivity index (χ3n) is 3.94. The number of amides is 1. The van der Waals surface area contributed by atoms with E-state index in [1.807, 2.05) is 0 Å². The Morgan fingerprint density at radius 2 is 1.93 bits per heavy atom. The number of rotatable bonds is 8. The molecule has 2 rings (SSSR count). The summed E-state index contributed by atoms with van der Waals surface area (Å²) in [7, 11) is 1.03. The van der Waals surface area contributed by atoms with Gasteiger partial charge in [0.15, 0.2) is 0 Å². The van der Waals surface area contributed by atoms with Crippen LogP contribution < -0.4 is 5.32 Å². The van der Waals surface area contributed by atoms with Gasteiger partial charge in [0, 0.05) is 12.6 Å². The molecule has 1 heterocycles. The summed E-state index contributed by atoms with van der Waals surface area (Å²) in [5.41, 5.74) is -4.15. The summed E-state index contributed by atoms with van der Waals surface area (Å²) in [4.78, 5) is 57.4. The van der Waals surface area contributed by atoms with Crippen LogP contribution in [0.5, 0.6) is 0 Å². The minimum Gasteiger partial charge on any atom is -0.478 e. The molecule has 1 aliphatic heterocycles. The van der Waals surface area contributed by atoms with Gasteiger partial charge in [-0.15, -0.1) is 0 Å². The average molecular weight is 410 g/mol. The first-order chi connectivity index (χ1) is 13.6. The fraction of sp³-hybridized carbons (Fsp3) is 0.267. The Hall–Kier alpha value is -4.07. The van der Waals surface area contributed by atoms with E-state index in [2.05, 4.69) is 10.1 Å². The molecule has 0 bridgehead atoms. The van der Waals surface area contributed by atoms with Crippen LogP contribution >= 0.6 is 0 Å². The topological polar surface area (TPSA) is 202 Å². The molecule has 0 aromatic heterocycles. The van der Waals surface area contributed by atoms with Gasteiger partial charge in [0.25, 0.3) is 17.3 Å². The van der Waals surface area contributed by atoms with Crippen LogP contribution in [0.1, 0.15) is 10.4 Å². The fourth-order valence-electron chi connectivity index (χ4n) is 2.64. The zero-order valence-electron chi connectivity index (χ0n) is 14.8. The SMILES string of the molecule is COC(=O)C1=C(Nc2c(C(=O)O)cc([N+](=O)[O-])cc2[N+](=O)[O-])C(=O)N(CCO)C1. The smallest absolute Gasteiger partial charge is 0.338 e. The van der Waals surface area contributed by atoms with Crippen molar-refractivity contribution < 1.29 is 39.2 Å². The molecule has 0 atom stereocenters. The number of aliphatic hydroxyl groups excluding tert-OH is 1. The number of benzene rings is 1. The highest BCUT2D eigenvalue weighted by Crippen LogP contribution is 2.36. The molecule has 1 aromatic carbocycles. The number of carbonyl (C=O) groups is 3. The number of hydrogen-bond acceptors (Lipinski definition) is 10. The van der Waals surface area contributed by atoms with Crippen molar-refractivity contribution in [2.45, 2.75) is 0 Å². The van der Waals surface area contributed by atoms with Gasteiger partial charge >= 0.3 is 11.9 Å². The first kappa shape index (κ1) is 21.2. The highest BCUT2D eigenvalue weighted by atomic mass is 16.6. The van der Waals surface area contributed by atoms with Crippen LogP contribution in [0.2, 0.25) is 0 Å². The Labute approximate surface area is 161 Å². The molecule has 14 nitrogen and oxygen atoms in total. The number of esters is 1. The van der Waals surface area contributed by atoms with Crippen molar-refractivity contribution >= 4 is 34.9 Å². The van der Waals surface area contributed by atoms with Crippen molar-refractivity contribution in [2.75, 3.05) is 32.1 Å². The molecule has 0 saturated carbocycles. The summed E-state index contributed by atoms with van der Waals surface area (Å²) in [6.07, 6.45) is 0. The number of carboxylic acid groups (broad SMARTS) is 1. The van der Waals surface area contributed by atoms with E-state index < -0.39 is 62.6 Å². The van der Waals surface area contributed by atoms with E-state index in [-0.39, 0.29) is 18.7 Å². The number of nitro benzene ring substituents is 2. The fourth-order valence-corrected chi connectivity index (χ4v) is 2.64. The Morgan fingerprint density at radius 1 is 1.28 bits per heavy atom. The number of anilines is 1. The number of nitrogens with one attached hydrogen (secondary N) is 1. The van der Waals surface area contributed by atoms with E-state index in [1.165, 1.54) is 0 Å². The van der Waals surface area contributed by atoms with E-state index in [1.54, 1.807) is 0 Å². The highest BCUT2D eigenvalue weighted by molar-refractivity contribution is 6.10. The molecule has 0 unspecified atom stereocenters. The highest BCUT2D eigenvalue weighted by Gasteiger charge is 2.37. The third kappa shape index (κ3) is 4.11. The van der Waals surface area contributed by atoms with Crippen LogP contribution in [0.4, 0.5) is 17.1 Å². The van der Waals surface area contributed by atoms with Gasteiger partial charge in [-0.1, -0.05) is 0 Å². The van der Waals surface area contributed by atoms with E-state index in [4.69, 9.17) is 5.11 Å². The monoisotopic (exact) mass is 410 g/mol. The molecule has 1 amide bonds. The van der Waals surface area contributed by atoms with Crippen molar-refractivity contribution in [3.8, 4) is 0 Å². The van der Waals surface area contributed by atoms with Gasteiger partial charge in [-0.3, -0.25) is 25.0 Å². The number of aliphatic hydroxyl groups is 1. The first-order valence-electron chi connectivity index (χ1n) is 7.81. The van der Waals surface area contributed by atoms with Crippen LogP contribution in [0.15, 0.2) is 23.4 Å². The number of non-ortho nitro benzene ring substituents is 1. The van der Waals surface area contributed by atoms with Gasteiger partial charge in [0.2, 0.25) is 0 Å². The number of nitrogens with zero attached hydrogens (tertiary/aromatic N) is 3. The summed E-state index contributed by atoms with van der Waals surface area (Å²) < 4.78 is 4.57. The zero-order chi connectivity index (χ0) is 21.9. The molecule has 3 N–H and O–H groups in total. The van der Waals surface area contributed by atoms with Crippen molar-refractivity contribution in [3.63, 3.8) is 0 Å². The number of aromatic carboxylic acids is 1. The lowest BCUT2D eigenvalue weighted by Crippen LogP contribution is -2.31. The van der Waals surface area contributed by atoms with Crippen LogP contribution in [0, 0.1) is 20.2 Å². The lowest BCUT2D eigenvalue weighted by Gasteiger charge is -2.15. The van der Waals surface area contributed by atoms with E-state index in [0.717, 1.165) is 12.0 Å². The predicted molar refractivity (Wildman–Crippen MR) is 93.0 cm³/mol. The number of nitro groups is 2. The maximum Gasteiger partial charge on any atom is 0.338 e. The molecule has 0 spiro atoms. The van der Waals surface area contributed by atoms with Gasteiger partial charge in [0.1, 0.15) is 11.4 Å². The first-order valence-corrected chi connectivity index (χ1v) is 7.81. The van der Waals surface area contributed by atoms with Crippen molar-refractivity contribution in [1.29, 1.82) is 0 Å². The molecular weight excluding hydrogens is 396 g/mol. The Kier molecular flexibility index (Phi) is 6.08. The second-order valence-electron chi connectivity index (χ2n) is 5.63. The standard InChI is InChI=1S/C15H14N4O10/c1-29-15(24)9-6-17(2-3-20)13(21)12(9)16-11-8(14(22)23)4-7(18(25)26)5-10(11)19(27)28/h4-5,16,20H,2-3,6H2,1H3,(H,22,23). The summed E-state index contributed by atoms with van der Waals surface area (Å²) in [5.74, 6) is -3.54. The zero-order valence-corrected chi connectivity index (χ0v) is 14.8. The Bertz CT molecular complexity index is 919. The average Bonchev–Trinajstić information content (AvgIpc) is 2.96. The van der Waals surface area contributed by atoms with Crippen LogP contribution in [0.3, 0.4) is 0 Å². The molecular formula is C15H14N4O10. The number of hydrogen-bond donors (Lipinski definition) is 3. The molecule has 154 valence electrons. The minimum atomic E-state index is -1.74. The lowest BCUT2D eigenvalue weighted by atomic mass is 10.1. The van der Waals surface area contributed by atoms with E-state index >= 15 is 0 Å². The van der Waals surface area contributed by atoms with Gasteiger partial charge in [-0.2, -0.15) is 0 Å². The molecule has 1 aliphatic rings. The third-order valence-corrected chi connectivity index (χ3v) is 3.94. The second-order valence-corrected chi connectivity index (χ2v) is 5.63. The second kappa shape index (κ2) is 8.30. The molecule has 0 radical (unpaired) electrons. The summed E-state index contributed by atoms with van der Waals surface area (Å²) in [5, 5.41) is 43.0. The minimum absolute atomic E-state index is 0.168. The van der Waals surface area contributed by atoms with E-state index in [0.29, 0.717) is 12.1 Å². The lowest BCUT2D eigenvalue weighted by molar-refractivity contribution is -0.393. The quantitative estimate of drug-likeness (QED) is 0.293. The largest absolute Gasteiger partial charge is 0.478 e. The van der Waals surface area contributed by atoms with Crippen LogP contribution in [-0.2, 0) is 14.3 Å². The number of carboxylic acids is 1. The summed E-state index contributed by atoms with van der Waals surface area (Å²) in [6.45, 7) is -0.901. The van der Waals surface area contributed by atoms with Crippen molar-refractivity contribution in [3.05, 3.63) is 49.2 Å². The Balaban J connectivity index is 2.68. The normalized spacial score (nSPS) is 13.4. The Morgan fingerprint density at radius 3 is 2.41 bits per heavy atom. The van der Waals surface area contributed by atoms with Crippen molar-refractivity contribution in [2.24, 2.45) is 0 Å². The van der Waals surface area contributed by atoms with E-state index in [9.17, 15) is 39.7 Å². The predicted octanol–water partition coefficient (Wildman–Crippen LogP) is -0.125. The summed E-state index contributed by atoms with van der Waals surface area (Å²) >= 11 is 0. The van der Waals surface area contributed by atoms with Crippen LogP contribution in [0.25, 0.3) is 0 Å². The van der Waals surface area contributed by atoms with Gasteiger partial charge in [-0.05, 0) is 0 Å². The maximum absolute atomic E-state index is 12.5. The van der Waals surface area contributed by atoms with Gasteiger partial charge < -0.3 is 25.2 Å².